The Kier molecular flexibility index (Phi) is 7.36. The second-order valence-corrected chi connectivity index (χ2v) is 6.57. The van der Waals surface area contributed by atoms with E-state index >= 15 is 0 Å². The Morgan fingerprint density at radius 3 is 2.36 bits per heavy atom. The Morgan fingerprint density at radius 2 is 1.86 bits per heavy atom. The molecule has 1 aromatic heterocycles. The summed E-state index contributed by atoms with van der Waals surface area (Å²) in [6.07, 6.45) is 0. The van der Waals surface area contributed by atoms with Gasteiger partial charge in [0, 0.05) is 21.9 Å². The van der Waals surface area contributed by atoms with E-state index < -0.39 is 0 Å². The zero-order chi connectivity index (χ0) is 15.4. The number of hydrogen-bond acceptors (Lipinski definition) is 3. The van der Waals surface area contributed by atoms with Gasteiger partial charge in [-0.25, -0.2) is 0 Å². The van der Waals surface area contributed by atoms with E-state index in [0.29, 0.717) is 5.02 Å². The third-order valence-corrected chi connectivity index (χ3v) is 4.71. The molecule has 22 heavy (non-hydrogen) atoms. The number of nitrogens with two attached hydrogens (primary N) is 1. The van der Waals surface area contributed by atoms with E-state index in [-0.39, 0.29) is 36.3 Å². The Balaban J connectivity index is 0.00000242. The van der Waals surface area contributed by atoms with E-state index in [1.807, 2.05) is 55.6 Å². The first-order chi connectivity index (χ1) is 9.99. The van der Waals surface area contributed by atoms with Gasteiger partial charge in [-0.1, -0.05) is 36.7 Å². The fourth-order valence-electron chi connectivity index (χ4n) is 1.94. The number of hydrogen-bond donors (Lipinski definition) is 2. The minimum Gasteiger partial charge on any atom is -0.344 e. The number of carbonyl (C=O) groups is 1. The Morgan fingerprint density at radius 1 is 1.23 bits per heavy atom. The van der Waals surface area contributed by atoms with Crippen molar-refractivity contribution < 1.29 is 4.79 Å². The molecular formula is C16H20Cl2N2OS. The van der Waals surface area contributed by atoms with Gasteiger partial charge in [-0.05, 0) is 36.1 Å². The van der Waals surface area contributed by atoms with Gasteiger partial charge in [0.2, 0.25) is 5.91 Å². The van der Waals surface area contributed by atoms with Crippen LogP contribution in [0.15, 0.2) is 41.8 Å². The summed E-state index contributed by atoms with van der Waals surface area (Å²) in [5.41, 5.74) is 6.82. The van der Waals surface area contributed by atoms with Gasteiger partial charge in [0.25, 0.3) is 0 Å². The van der Waals surface area contributed by atoms with Crippen LogP contribution in [0.5, 0.6) is 0 Å². The largest absolute Gasteiger partial charge is 0.344 e. The van der Waals surface area contributed by atoms with Crippen LogP contribution in [-0.2, 0) is 4.79 Å². The number of amides is 1. The van der Waals surface area contributed by atoms with Crippen molar-refractivity contribution in [1.29, 1.82) is 0 Å². The minimum atomic E-state index is -0.236. The van der Waals surface area contributed by atoms with Crippen LogP contribution in [0.1, 0.15) is 30.3 Å². The Labute approximate surface area is 146 Å². The first kappa shape index (κ1) is 19.0. The van der Waals surface area contributed by atoms with Gasteiger partial charge in [0.1, 0.15) is 0 Å². The summed E-state index contributed by atoms with van der Waals surface area (Å²) in [6.45, 7) is 3.68. The summed E-state index contributed by atoms with van der Waals surface area (Å²) in [7, 11) is 0. The van der Waals surface area contributed by atoms with Crippen LogP contribution in [0.3, 0.4) is 0 Å². The zero-order valence-electron chi connectivity index (χ0n) is 12.5. The van der Waals surface area contributed by atoms with Crippen molar-refractivity contribution in [3.05, 3.63) is 57.2 Å². The Bertz CT molecular complexity index is 585. The van der Waals surface area contributed by atoms with Crippen LogP contribution in [-0.4, -0.2) is 11.9 Å². The molecule has 1 heterocycles. The van der Waals surface area contributed by atoms with Gasteiger partial charge >= 0.3 is 0 Å². The van der Waals surface area contributed by atoms with Crippen molar-refractivity contribution >= 4 is 41.3 Å². The molecule has 1 aromatic carbocycles. The number of benzene rings is 1. The number of halogens is 2. The van der Waals surface area contributed by atoms with E-state index in [4.69, 9.17) is 17.3 Å². The monoisotopic (exact) mass is 358 g/mol. The van der Waals surface area contributed by atoms with E-state index in [1.165, 1.54) is 0 Å². The van der Waals surface area contributed by atoms with E-state index in [1.54, 1.807) is 11.3 Å². The van der Waals surface area contributed by atoms with Crippen molar-refractivity contribution in [1.82, 2.24) is 5.32 Å². The molecule has 0 aliphatic heterocycles. The van der Waals surface area contributed by atoms with E-state index in [9.17, 15) is 4.79 Å². The normalized spacial score (nSPS) is 14.5. The predicted molar refractivity (Wildman–Crippen MR) is 95.8 cm³/mol. The standard InChI is InChI=1S/C16H19ClN2OS.ClH/c1-10(11(2)18)16(20)19-15(14-4-3-9-21-14)12-5-7-13(17)8-6-12;/h3-11,15H,18H2,1-2H3,(H,19,20);1H. The molecule has 120 valence electrons. The number of nitrogens with one attached hydrogen (secondary N) is 1. The lowest BCUT2D eigenvalue weighted by Gasteiger charge is -2.22. The van der Waals surface area contributed by atoms with E-state index in [0.717, 1.165) is 10.4 Å². The molecule has 0 fully saturated rings. The molecule has 1 amide bonds. The molecule has 0 saturated carbocycles. The molecule has 0 aliphatic carbocycles. The highest BCUT2D eigenvalue weighted by atomic mass is 35.5. The van der Waals surface area contributed by atoms with Crippen molar-refractivity contribution in [2.45, 2.75) is 25.9 Å². The number of rotatable bonds is 5. The molecule has 2 rings (SSSR count). The maximum Gasteiger partial charge on any atom is 0.225 e. The lowest BCUT2D eigenvalue weighted by molar-refractivity contribution is -0.125. The fourth-order valence-corrected chi connectivity index (χ4v) is 2.87. The first-order valence-corrected chi connectivity index (χ1v) is 8.09. The molecule has 0 aliphatic rings. The molecule has 0 radical (unpaired) electrons. The summed E-state index contributed by atoms with van der Waals surface area (Å²) >= 11 is 7.55. The lowest BCUT2D eigenvalue weighted by atomic mass is 10.0. The average molecular weight is 359 g/mol. The minimum absolute atomic E-state index is 0. The Hall–Kier alpha value is -1.07. The summed E-state index contributed by atoms with van der Waals surface area (Å²) in [6, 6.07) is 11.2. The summed E-state index contributed by atoms with van der Waals surface area (Å²) in [5.74, 6) is -0.280. The third kappa shape index (κ3) is 4.71. The van der Waals surface area contributed by atoms with Crippen LogP contribution in [0, 0.1) is 5.92 Å². The summed E-state index contributed by atoms with van der Waals surface area (Å²) in [5, 5.41) is 5.76. The highest BCUT2D eigenvalue weighted by molar-refractivity contribution is 7.10. The molecule has 0 bridgehead atoms. The van der Waals surface area contributed by atoms with Crippen LogP contribution < -0.4 is 11.1 Å². The maximum atomic E-state index is 12.3. The van der Waals surface area contributed by atoms with Gasteiger partial charge in [-0.3, -0.25) is 4.79 Å². The third-order valence-electron chi connectivity index (χ3n) is 3.52. The molecule has 0 spiro atoms. The number of thiophene rings is 1. The zero-order valence-corrected chi connectivity index (χ0v) is 14.8. The highest BCUT2D eigenvalue weighted by Crippen LogP contribution is 2.27. The van der Waals surface area contributed by atoms with Crippen molar-refractivity contribution in [3.8, 4) is 0 Å². The second kappa shape index (κ2) is 8.53. The van der Waals surface area contributed by atoms with Crippen LogP contribution in [0.25, 0.3) is 0 Å². The van der Waals surface area contributed by atoms with Gasteiger partial charge < -0.3 is 11.1 Å². The van der Waals surface area contributed by atoms with E-state index in [2.05, 4.69) is 5.32 Å². The van der Waals surface area contributed by atoms with Crippen LogP contribution >= 0.6 is 35.3 Å². The topological polar surface area (TPSA) is 55.1 Å². The van der Waals surface area contributed by atoms with Crippen molar-refractivity contribution in [2.24, 2.45) is 11.7 Å². The fraction of sp³-hybridized carbons (Fsp3) is 0.312. The molecule has 0 saturated heterocycles. The molecule has 3 N–H and O–H groups in total. The van der Waals surface area contributed by atoms with Crippen molar-refractivity contribution in [3.63, 3.8) is 0 Å². The second-order valence-electron chi connectivity index (χ2n) is 5.16. The SMILES string of the molecule is CC(N)C(C)C(=O)NC(c1ccc(Cl)cc1)c1cccs1.Cl. The molecule has 2 aromatic rings. The molecular weight excluding hydrogens is 339 g/mol. The molecule has 6 heteroatoms. The quantitative estimate of drug-likeness (QED) is 0.847. The molecule has 3 nitrogen and oxygen atoms in total. The van der Waals surface area contributed by atoms with Crippen LogP contribution in [0.2, 0.25) is 5.02 Å². The summed E-state index contributed by atoms with van der Waals surface area (Å²) < 4.78 is 0. The van der Waals surface area contributed by atoms with Crippen molar-refractivity contribution in [2.75, 3.05) is 0 Å². The molecule has 3 atom stereocenters. The maximum absolute atomic E-state index is 12.3. The lowest BCUT2D eigenvalue weighted by Crippen LogP contribution is -2.40. The molecule has 3 unspecified atom stereocenters. The van der Waals surface area contributed by atoms with Gasteiger partial charge in [0.05, 0.1) is 6.04 Å². The summed E-state index contributed by atoms with van der Waals surface area (Å²) in [4.78, 5) is 13.4. The number of carbonyl (C=O) groups excluding carboxylic acids is 1. The first-order valence-electron chi connectivity index (χ1n) is 6.84. The van der Waals surface area contributed by atoms with Crippen LogP contribution in [0.4, 0.5) is 0 Å². The average Bonchev–Trinajstić information content (AvgIpc) is 2.98. The van der Waals surface area contributed by atoms with Gasteiger partial charge in [0.15, 0.2) is 0 Å². The highest BCUT2D eigenvalue weighted by Gasteiger charge is 2.23. The predicted octanol–water partition coefficient (Wildman–Crippen LogP) is 4.01. The smallest absolute Gasteiger partial charge is 0.225 e. The van der Waals surface area contributed by atoms with Gasteiger partial charge in [-0.15, -0.1) is 23.7 Å². The van der Waals surface area contributed by atoms with Gasteiger partial charge in [-0.2, -0.15) is 0 Å².